The zero-order chi connectivity index (χ0) is 14.9. The van der Waals surface area contributed by atoms with Gasteiger partial charge in [-0.15, -0.1) is 0 Å². The maximum atomic E-state index is 12.3. The van der Waals surface area contributed by atoms with E-state index in [1.165, 1.54) is 0 Å². The second-order valence-corrected chi connectivity index (χ2v) is 6.85. The van der Waals surface area contributed by atoms with Crippen LogP contribution in [-0.4, -0.2) is 23.1 Å². The van der Waals surface area contributed by atoms with Crippen LogP contribution in [0.25, 0.3) is 0 Å². The van der Waals surface area contributed by atoms with Crippen LogP contribution in [0.4, 0.5) is 0 Å². The average molecular weight is 294 g/mol. The summed E-state index contributed by atoms with van der Waals surface area (Å²) in [6.07, 6.45) is 0.337. The van der Waals surface area contributed by atoms with Gasteiger partial charge in [0, 0.05) is 35.9 Å². The fourth-order valence-corrected chi connectivity index (χ4v) is 2.65. The summed E-state index contributed by atoms with van der Waals surface area (Å²) >= 11 is 5.85. The molecule has 0 spiro atoms. The Labute approximate surface area is 124 Å². The van der Waals surface area contributed by atoms with Crippen molar-refractivity contribution in [2.75, 3.05) is 6.54 Å². The van der Waals surface area contributed by atoms with E-state index < -0.39 is 0 Å². The number of likely N-dealkylation sites (tertiary alicyclic amines) is 1. The average Bonchev–Trinajstić information content (AvgIpc) is 2.71. The molecule has 1 unspecified atom stereocenters. The molecule has 0 radical (unpaired) electrons. The third-order valence-electron chi connectivity index (χ3n) is 3.61. The van der Waals surface area contributed by atoms with E-state index in [-0.39, 0.29) is 23.0 Å². The molecule has 4 heteroatoms. The van der Waals surface area contributed by atoms with Crippen LogP contribution in [0, 0.1) is 11.3 Å². The second-order valence-electron chi connectivity index (χ2n) is 6.42. The van der Waals surface area contributed by atoms with Crippen molar-refractivity contribution in [1.82, 2.24) is 4.90 Å². The molecular weight excluding hydrogens is 274 g/mol. The fourth-order valence-electron chi connectivity index (χ4n) is 2.52. The SMILES string of the molecule is CC(C)(C)C(=O)C1CC(=O)N(Cc2ccc(Cl)cc2)C1. The normalized spacial score (nSPS) is 19.5. The molecular formula is C16H20ClNO2. The van der Waals surface area contributed by atoms with E-state index in [0.29, 0.717) is 24.5 Å². The summed E-state index contributed by atoms with van der Waals surface area (Å²) < 4.78 is 0. The summed E-state index contributed by atoms with van der Waals surface area (Å²) in [5.41, 5.74) is 0.646. The minimum Gasteiger partial charge on any atom is -0.338 e. The Bertz CT molecular complexity index is 516. The summed E-state index contributed by atoms with van der Waals surface area (Å²) in [7, 11) is 0. The van der Waals surface area contributed by atoms with Crippen molar-refractivity contribution >= 4 is 23.3 Å². The minimum absolute atomic E-state index is 0.0579. The Kier molecular flexibility index (Phi) is 4.19. The van der Waals surface area contributed by atoms with Gasteiger partial charge in [0.15, 0.2) is 0 Å². The van der Waals surface area contributed by atoms with Crippen LogP contribution < -0.4 is 0 Å². The standard InChI is InChI=1S/C16H20ClNO2/c1-16(2,3)15(20)12-8-14(19)18(10-12)9-11-4-6-13(17)7-5-11/h4-7,12H,8-10H2,1-3H3. The van der Waals surface area contributed by atoms with Gasteiger partial charge in [0.2, 0.25) is 5.91 Å². The van der Waals surface area contributed by atoms with Crippen LogP contribution in [-0.2, 0) is 16.1 Å². The number of hydrogen-bond donors (Lipinski definition) is 0. The molecule has 1 saturated heterocycles. The highest BCUT2D eigenvalue weighted by Crippen LogP contribution is 2.28. The summed E-state index contributed by atoms with van der Waals surface area (Å²) in [5.74, 6) is 0.0572. The summed E-state index contributed by atoms with van der Waals surface area (Å²) in [5, 5.41) is 0.683. The van der Waals surface area contributed by atoms with Gasteiger partial charge in [-0.1, -0.05) is 44.5 Å². The van der Waals surface area contributed by atoms with Gasteiger partial charge in [-0.2, -0.15) is 0 Å². The topological polar surface area (TPSA) is 37.4 Å². The molecule has 1 heterocycles. The van der Waals surface area contributed by atoms with Gasteiger partial charge in [0.25, 0.3) is 0 Å². The molecule has 0 aromatic heterocycles. The first-order valence-corrected chi connectivity index (χ1v) is 7.21. The number of hydrogen-bond acceptors (Lipinski definition) is 2. The van der Waals surface area contributed by atoms with E-state index in [0.717, 1.165) is 5.56 Å². The molecule has 1 aromatic rings. The summed E-state index contributed by atoms with van der Waals surface area (Å²) in [6, 6.07) is 7.45. The van der Waals surface area contributed by atoms with E-state index in [1.54, 1.807) is 4.90 Å². The van der Waals surface area contributed by atoms with Crippen molar-refractivity contribution in [3.8, 4) is 0 Å². The Morgan fingerprint density at radius 3 is 2.45 bits per heavy atom. The lowest BCUT2D eigenvalue weighted by molar-refractivity contribution is -0.131. The summed E-state index contributed by atoms with van der Waals surface area (Å²) in [4.78, 5) is 26.1. The largest absolute Gasteiger partial charge is 0.338 e. The number of ketones is 1. The van der Waals surface area contributed by atoms with Crippen molar-refractivity contribution in [3.63, 3.8) is 0 Å². The molecule has 0 bridgehead atoms. The van der Waals surface area contributed by atoms with Crippen molar-refractivity contribution in [2.24, 2.45) is 11.3 Å². The van der Waals surface area contributed by atoms with Gasteiger partial charge in [-0.3, -0.25) is 9.59 Å². The Morgan fingerprint density at radius 2 is 1.90 bits per heavy atom. The first-order valence-electron chi connectivity index (χ1n) is 6.84. The Hall–Kier alpha value is -1.35. The lowest BCUT2D eigenvalue weighted by Gasteiger charge is -2.21. The third-order valence-corrected chi connectivity index (χ3v) is 3.86. The highest BCUT2D eigenvalue weighted by Gasteiger charge is 2.38. The predicted octanol–water partition coefficient (Wildman–Crippen LogP) is 3.30. The van der Waals surface area contributed by atoms with E-state index in [1.807, 2.05) is 45.0 Å². The molecule has 0 N–H and O–H groups in total. The minimum atomic E-state index is -0.388. The van der Waals surface area contributed by atoms with Gasteiger partial charge in [0.05, 0.1) is 0 Å². The number of Topliss-reactive ketones (excluding diaryl/α,β-unsaturated/α-hetero) is 1. The van der Waals surface area contributed by atoms with Gasteiger partial charge in [0.1, 0.15) is 5.78 Å². The van der Waals surface area contributed by atoms with Crippen molar-refractivity contribution in [2.45, 2.75) is 33.7 Å². The molecule has 1 amide bonds. The van der Waals surface area contributed by atoms with Crippen molar-refractivity contribution < 1.29 is 9.59 Å². The smallest absolute Gasteiger partial charge is 0.223 e. The van der Waals surface area contributed by atoms with Gasteiger partial charge in [-0.25, -0.2) is 0 Å². The van der Waals surface area contributed by atoms with E-state index in [2.05, 4.69) is 0 Å². The summed E-state index contributed by atoms with van der Waals surface area (Å²) in [6.45, 7) is 6.78. The fraction of sp³-hybridized carbons (Fsp3) is 0.500. The molecule has 0 aliphatic carbocycles. The second kappa shape index (κ2) is 5.57. The maximum absolute atomic E-state index is 12.3. The quantitative estimate of drug-likeness (QED) is 0.857. The first-order chi connectivity index (χ1) is 9.27. The van der Waals surface area contributed by atoms with E-state index in [9.17, 15) is 9.59 Å². The molecule has 1 atom stereocenters. The van der Waals surface area contributed by atoms with Crippen LogP contribution in [0.1, 0.15) is 32.8 Å². The van der Waals surface area contributed by atoms with Gasteiger partial charge < -0.3 is 4.90 Å². The zero-order valence-corrected chi connectivity index (χ0v) is 12.9. The molecule has 1 fully saturated rings. The molecule has 108 valence electrons. The molecule has 0 saturated carbocycles. The first kappa shape index (κ1) is 15.0. The molecule has 20 heavy (non-hydrogen) atoms. The monoisotopic (exact) mass is 293 g/mol. The highest BCUT2D eigenvalue weighted by molar-refractivity contribution is 6.30. The van der Waals surface area contributed by atoms with Crippen molar-refractivity contribution in [1.29, 1.82) is 0 Å². The van der Waals surface area contributed by atoms with Crippen LogP contribution in [0.15, 0.2) is 24.3 Å². The van der Waals surface area contributed by atoms with Crippen molar-refractivity contribution in [3.05, 3.63) is 34.9 Å². The van der Waals surface area contributed by atoms with Crippen LogP contribution in [0.3, 0.4) is 0 Å². The van der Waals surface area contributed by atoms with Crippen LogP contribution in [0.5, 0.6) is 0 Å². The zero-order valence-electron chi connectivity index (χ0n) is 12.1. The number of carbonyl (C=O) groups excluding carboxylic acids is 2. The number of amides is 1. The molecule has 1 aliphatic heterocycles. The molecule has 1 aromatic carbocycles. The lowest BCUT2D eigenvalue weighted by atomic mass is 9.82. The predicted molar refractivity (Wildman–Crippen MR) is 79.4 cm³/mol. The number of nitrogens with zero attached hydrogens (tertiary/aromatic N) is 1. The Balaban J connectivity index is 2.03. The molecule has 1 aliphatic rings. The van der Waals surface area contributed by atoms with Gasteiger partial charge >= 0.3 is 0 Å². The number of carbonyl (C=O) groups is 2. The number of benzene rings is 1. The van der Waals surface area contributed by atoms with E-state index in [4.69, 9.17) is 11.6 Å². The highest BCUT2D eigenvalue weighted by atomic mass is 35.5. The number of halogens is 1. The Morgan fingerprint density at radius 1 is 1.30 bits per heavy atom. The van der Waals surface area contributed by atoms with E-state index >= 15 is 0 Å². The van der Waals surface area contributed by atoms with Crippen LogP contribution >= 0.6 is 11.6 Å². The molecule has 2 rings (SSSR count). The maximum Gasteiger partial charge on any atom is 0.223 e. The third kappa shape index (κ3) is 3.40. The lowest BCUT2D eigenvalue weighted by Crippen LogP contribution is -2.31. The van der Waals surface area contributed by atoms with Gasteiger partial charge in [-0.05, 0) is 17.7 Å². The number of rotatable bonds is 3. The molecule has 3 nitrogen and oxygen atoms in total. The van der Waals surface area contributed by atoms with Crippen LogP contribution in [0.2, 0.25) is 5.02 Å².